The van der Waals surface area contributed by atoms with Gasteiger partial charge in [0.05, 0.1) is 5.60 Å². The van der Waals surface area contributed by atoms with Gasteiger partial charge >= 0.3 is 0 Å². The summed E-state index contributed by atoms with van der Waals surface area (Å²) in [5.74, 6) is 0.0345. The number of piperidine rings is 1. The number of aromatic amines is 1. The van der Waals surface area contributed by atoms with Gasteiger partial charge in [0.25, 0.3) is 5.91 Å². The van der Waals surface area contributed by atoms with Gasteiger partial charge in [-0.25, -0.2) is 0 Å². The van der Waals surface area contributed by atoms with Crippen LogP contribution in [0.1, 0.15) is 57.3 Å². The van der Waals surface area contributed by atoms with Crippen LogP contribution in [0.4, 0.5) is 0 Å². The van der Waals surface area contributed by atoms with E-state index in [2.05, 4.69) is 46.7 Å². The van der Waals surface area contributed by atoms with Gasteiger partial charge in [-0.15, -0.1) is 0 Å². The highest BCUT2D eigenvalue weighted by Gasteiger charge is 2.63. The molecule has 34 heavy (non-hydrogen) atoms. The van der Waals surface area contributed by atoms with Crippen LogP contribution < -0.4 is 5.32 Å². The molecule has 3 aliphatic rings. The van der Waals surface area contributed by atoms with Gasteiger partial charge in [0.15, 0.2) is 0 Å². The lowest BCUT2D eigenvalue weighted by Crippen LogP contribution is -2.73. The van der Waals surface area contributed by atoms with Crippen LogP contribution in [0.2, 0.25) is 0 Å². The van der Waals surface area contributed by atoms with Crippen molar-refractivity contribution >= 4 is 5.91 Å². The van der Waals surface area contributed by atoms with Crippen molar-refractivity contribution in [3.8, 4) is 0 Å². The zero-order valence-corrected chi connectivity index (χ0v) is 20.0. The molecule has 0 unspecified atom stereocenters. The highest BCUT2D eigenvalue weighted by atomic mass is 16.3. The second-order valence-corrected chi connectivity index (χ2v) is 10.4. The maximum absolute atomic E-state index is 13.7. The molecule has 1 aromatic heterocycles. The number of amides is 1. The number of H-pyrrole nitrogens is 1. The van der Waals surface area contributed by atoms with Crippen LogP contribution in [0.3, 0.4) is 0 Å². The number of carbonyl (C=O) groups is 1. The summed E-state index contributed by atoms with van der Waals surface area (Å²) < 4.78 is 0. The second-order valence-electron chi connectivity index (χ2n) is 10.4. The lowest BCUT2D eigenvalue weighted by Gasteiger charge is -2.60. The van der Waals surface area contributed by atoms with Crippen molar-refractivity contribution in [3.63, 3.8) is 0 Å². The second kappa shape index (κ2) is 7.82. The van der Waals surface area contributed by atoms with Crippen molar-refractivity contribution in [1.29, 1.82) is 0 Å². The standard InChI is InChI=1S/C29H33N3O2/c1-3-32(18-20-9-5-4-6-10-20)27(33)26-19(2)22-16-29(34)25-15-21-11-7-8-12-23(21)28(29,13-14-30-25)17-24(22)31-26/h4-12,25,30-31,34H,3,13-18H2,1-2H3/t25-,28+,29+/m0/s1. The van der Waals surface area contributed by atoms with E-state index in [1.807, 2.05) is 36.9 Å². The van der Waals surface area contributed by atoms with E-state index < -0.39 is 5.60 Å². The molecule has 3 aromatic rings. The molecule has 1 saturated heterocycles. The maximum Gasteiger partial charge on any atom is 0.270 e. The Labute approximate surface area is 201 Å². The minimum atomic E-state index is -0.853. The molecule has 2 bridgehead atoms. The third-order valence-corrected chi connectivity index (χ3v) is 8.80. The number of benzene rings is 2. The fourth-order valence-corrected chi connectivity index (χ4v) is 6.96. The zero-order chi connectivity index (χ0) is 23.5. The smallest absolute Gasteiger partial charge is 0.270 e. The molecule has 176 valence electrons. The van der Waals surface area contributed by atoms with Crippen molar-refractivity contribution < 1.29 is 9.90 Å². The van der Waals surface area contributed by atoms with Crippen molar-refractivity contribution in [2.24, 2.45) is 0 Å². The number of nitrogens with zero attached hydrogens (tertiary/aromatic N) is 1. The van der Waals surface area contributed by atoms with Gasteiger partial charge in [-0.05, 0) is 61.1 Å². The SMILES string of the molecule is CCN(Cc1ccccc1)C(=O)c1[nH]c2c(c1C)C[C@@]1(O)[C@@H]3Cc4ccccc4[C@@]1(CCN3)C2. The predicted octanol–water partition coefficient (Wildman–Crippen LogP) is 3.67. The molecule has 5 nitrogen and oxygen atoms in total. The summed E-state index contributed by atoms with van der Waals surface area (Å²) in [6.07, 6.45) is 3.06. The molecule has 3 N–H and O–H groups in total. The average Bonchev–Trinajstić information content (AvgIpc) is 3.15. The van der Waals surface area contributed by atoms with Crippen LogP contribution in [0, 0.1) is 6.92 Å². The molecule has 1 fully saturated rings. The Kier molecular flexibility index (Phi) is 4.98. The third-order valence-electron chi connectivity index (χ3n) is 8.80. The summed E-state index contributed by atoms with van der Waals surface area (Å²) in [6, 6.07) is 18.8. The zero-order valence-electron chi connectivity index (χ0n) is 20.0. The van der Waals surface area contributed by atoms with Crippen LogP contribution >= 0.6 is 0 Å². The molecule has 1 amide bonds. The van der Waals surface area contributed by atoms with E-state index in [9.17, 15) is 9.90 Å². The molecule has 6 rings (SSSR count). The van der Waals surface area contributed by atoms with E-state index in [1.54, 1.807) is 0 Å². The summed E-state index contributed by atoms with van der Waals surface area (Å²) in [5, 5.41) is 15.9. The van der Waals surface area contributed by atoms with Gasteiger partial charge in [-0.2, -0.15) is 0 Å². The van der Waals surface area contributed by atoms with Crippen LogP contribution in [0.25, 0.3) is 0 Å². The first-order valence-electron chi connectivity index (χ1n) is 12.5. The van der Waals surface area contributed by atoms with Crippen LogP contribution in [0.15, 0.2) is 54.6 Å². The van der Waals surface area contributed by atoms with Crippen LogP contribution in [0.5, 0.6) is 0 Å². The molecule has 0 saturated carbocycles. The number of aromatic nitrogens is 1. The molecular weight excluding hydrogens is 422 g/mol. The molecule has 5 heteroatoms. The molecule has 3 atom stereocenters. The quantitative estimate of drug-likeness (QED) is 0.562. The lowest BCUT2D eigenvalue weighted by atomic mass is 9.50. The monoisotopic (exact) mass is 455 g/mol. The fourth-order valence-electron chi connectivity index (χ4n) is 6.96. The lowest BCUT2D eigenvalue weighted by molar-refractivity contribution is -0.106. The van der Waals surface area contributed by atoms with E-state index >= 15 is 0 Å². The molecule has 2 aliphatic carbocycles. The topological polar surface area (TPSA) is 68.4 Å². The number of carbonyl (C=O) groups excluding carboxylic acids is 1. The Balaban J connectivity index is 1.40. The van der Waals surface area contributed by atoms with Crippen LogP contribution in [-0.4, -0.2) is 45.6 Å². The average molecular weight is 456 g/mol. The molecule has 1 aliphatic heterocycles. The Bertz CT molecular complexity index is 1250. The van der Waals surface area contributed by atoms with Gasteiger partial charge in [0.1, 0.15) is 5.69 Å². The fraction of sp³-hybridized carbons (Fsp3) is 0.414. The maximum atomic E-state index is 13.7. The summed E-state index contributed by atoms with van der Waals surface area (Å²) in [4.78, 5) is 19.1. The highest BCUT2D eigenvalue weighted by Crippen LogP contribution is 2.55. The van der Waals surface area contributed by atoms with E-state index in [0.29, 0.717) is 25.2 Å². The van der Waals surface area contributed by atoms with Gasteiger partial charge in [0.2, 0.25) is 0 Å². The molecular formula is C29H33N3O2. The Hall–Kier alpha value is -2.89. The molecule has 2 aromatic carbocycles. The van der Waals surface area contributed by atoms with Gasteiger partial charge in [0, 0.05) is 43.1 Å². The largest absolute Gasteiger partial charge is 0.387 e. The summed E-state index contributed by atoms with van der Waals surface area (Å²) >= 11 is 0. The predicted molar refractivity (Wildman–Crippen MR) is 133 cm³/mol. The summed E-state index contributed by atoms with van der Waals surface area (Å²) in [7, 11) is 0. The molecule has 0 radical (unpaired) electrons. The first-order chi connectivity index (χ1) is 16.5. The van der Waals surface area contributed by atoms with Gasteiger partial charge in [-0.3, -0.25) is 4.79 Å². The van der Waals surface area contributed by atoms with Crippen molar-refractivity contribution in [1.82, 2.24) is 15.2 Å². The molecule has 0 spiro atoms. The first-order valence-corrected chi connectivity index (χ1v) is 12.5. The first kappa shape index (κ1) is 21.6. The van der Waals surface area contributed by atoms with Crippen LogP contribution in [-0.2, 0) is 31.2 Å². The third kappa shape index (κ3) is 2.96. The Morgan fingerprint density at radius 2 is 1.88 bits per heavy atom. The molecule has 2 heterocycles. The number of fused-ring (bicyclic) bond motifs is 2. The Morgan fingerprint density at radius 1 is 1.12 bits per heavy atom. The Morgan fingerprint density at radius 3 is 2.68 bits per heavy atom. The minimum Gasteiger partial charge on any atom is -0.387 e. The van der Waals surface area contributed by atoms with Gasteiger partial charge in [-0.1, -0.05) is 54.6 Å². The number of rotatable bonds is 4. The van der Waals surface area contributed by atoms with E-state index in [0.717, 1.165) is 48.2 Å². The van der Waals surface area contributed by atoms with Crippen molar-refractivity contribution in [3.05, 3.63) is 93.8 Å². The number of hydrogen-bond donors (Lipinski definition) is 3. The van der Waals surface area contributed by atoms with E-state index in [-0.39, 0.29) is 17.4 Å². The number of hydrogen-bond acceptors (Lipinski definition) is 3. The van der Waals surface area contributed by atoms with Gasteiger partial charge < -0.3 is 20.3 Å². The normalized spacial score (nSPS) is 26.9. The van der Waals surface area contributed by atoms with Crippen molar-refractivity contribution in [2.75, 3.05) is 13.1 Å². The summed E-state index contributed by atoms with van der Waals surface area (Å²) in [6.45, 7) is 6.21. The minimum absolute atomic E-state index is 0.0305. The van der Waals surface area contributed by atoms with E-state index in [4.69, 9.17) is 0 Å². The number of aliphatic hydroxyl groups is 1. The van der Waals surface area contributed by atoms with Crippen molar-refractivity contribution in [2.45, 2.75) is 63.1 Å². The number of nitrogens with one attached hydrogen (secondary N) is 2. The highest BCUT2D eigenvalue weighted by molar-refractivity contribution is 5.94. The van der Waals surface area contributed by atoms with E-state index in [1.165, 1.54) is 11.1 Å². The summed E-state index contributed by atoms with van der Waals surface area (Å²) in [5.41, 5.74) is 6.51.